The molecule has 142 valence electrons. The Morgan fingerprint density at radius 1 is 1.26 bits per heavy atom. The molecular weight excluding hydrogens is 342 g/mol. The second kappa shape index (κ2) is 8.03. The van der Waals surface area contributed by atoms with Gasteiger partial charge in [-0.15, -0.1) is 10.2 Å². The maximum absolute atomic E-state index is 9.38. The van der Waals surface area contributed by atoms with Crippen molar-refractivity contribution in [3.63, 3.8) is 0 Å². The van der Waals surface area contributed by atoms with Gasteiger partial charge in [0.05, 0.1) is 25.3 Å². The average molecular weight is 367 g/mol. The Labute approximate surface area is 159 Å². The van der Waals surface area contributed by atoms with Gasteiger partial charge in [-0.1, -0.05) is 0 Å². The van der Waals surface area contributed by atoms with E-state index in [1.54, 1.807) is 6.20 Å². The molecule has 0 unspecified atom stereocenters. The molecule has 2 fully saturated rings. The molecule has 0 radical (unpaired) electrons. The summed E-state index contributed by atoms with van der Waals surface area (Å²) < 4.78 is 7.57. The van der Waals surface area contributed by atoms with Crippen molar-refractivity contribution in [1.29, 1.82) is 5.26 Å². The van der Waals surface area contributed by atoms with E-state index in [9.17, 15) is 5.26 Å². The highest BCUT2D eigenvalue weighted by Crippen LogP contribution is 2.29. The summed E-state index contributed by atoms with van der Waals surface area (Å²) in [7, 11) is 2.06. The van der Waals surface area contributed by atoms with Crippen LogP contribution in [0.5, 0.6) is 0 Å². The third kappa shape index (κ3) is 3.80. The number of nitrogens with zero attached hydrogens (tertiary/aromatic N) is 7. The molecule has 4 heterocycles. The number of rotatable bonds is 4. The molecule has 2 saturated heterocycles. The van der Waals surface area contributed by atoms with E-state index in [0.29, 0.717) is 11.5 Å². The smallest absolute Gasteiger partial charge is 0.146 e. The number of ether oxygens (including phenoxy) is 1. The normalized spacial score (nSPS) is 21.2. The van der Waals surface area contributed by atoms with Gasteiger partial charge in [0.25, 0.3) is 0 Å². The second-order valence-corrected chi connectivity index (χ2v) is 7.19. The predicted octanol–water partition coefficient (Wildman–Crippen LogP) is 1.30. The van der Waals surface area contributed by atoms with Crippen LogP contribution >= 0.6 is 0 Å². The van der Waals surface area contributed by atoms with Crippen LogP contribution in [0.1, 0.15) is 36.0 Å². The lowest BCUT2D eigenvalue weighted by Crippen LogP contribution is -2.37. The van der Waals surface area contributed by atoms with E-state index >= 15 is 0 Å². The lowest BCUT2D eigenvalue weighted by atomic mass is 9.96. The zero-order valence-corrected chi connectivity index (χ0v) is 15.7. The van der Waals surface area contributed by atoms with Crippen LogP contribution in [0, 0.1) is 11.3 Å². The molecule has 0 bridgehead atoms. The van der Waals surface area contributed by atoms with Crippen molar-refractivity contribution in [3.8, 4) is 6.07 Å². The monoisotopic (exact) mass is 367 g/mol. The molecule has 0 N–H and O–H groups in total. The number of anilines is 1. The Kier molecular flexibility index (Phi) is 5.32. The van der Waals surface area contributed by atoms with Gasteiger partial charge in [0.1, 0.15) is 23.5 Å². The largest absolute Gasteiger partial charge is 0.379 e. The summed E-state index contributed by atoms with van der Waals surface area (Å²) in [6, 6.07) is 5.89. The van der Waals surface area contributed by atoms with Crippen molar-refractivity contribution >= 4 is 5.82 Å². The molecule has 0 saturated carbocycles. The van der Waals surface area contributed by atoms with Crippen molar-refractivity contribution in [1.82, 2.24) is 24.6 Å². The summed E-state index contributed by atoms with van der Waals surface area (Å²) in [5, 5.41) is 18.4. The first-order valence-electron chi connectivity index (χ1n) is 9.54. The van der Waals surface area contributed by atoms with Gasteiger partial charge in [-0.25, -0.2) is 4.98 Å². The third-order valence-electron chi connectivity index (χ3n) is 5.46. The van der Waals surface area contributed by atoms with Crippen molar-refractivity contribution in [2.75, 3.05) is 44.3 Å². The van der Waals surface area contributed by atoms with Crippen LogP contribution in [-0.4, -0.2) is 64.0 Å². The van der Waals surface area contributed by atoms with E-state index in [1.165, 1.54) is 0 Å². The Morgan fingerprint density at radius 3 is 2.93 bits per heavy atom. The quantitative estimate of drug-likeness (QED) is 0.805. The zero-order valence-electron chi connectivity index (χ0n) is 15.7. The molecule has 0 aliphatic carbocycles. The Bertz CT molecular complexity index is 822. The molecule has 4 rings (SSSR count). The van der Waals surface area contributed by atoms with Gasteiger partial charge < -0.3 is 14.2 Å². The number of aromatic nitrogens is 4. The van der Waals surface area contributed by atoms with Crippen LogP contribution in [0.4, 0.5) is 5.82 Å². The highest BCUT2D eigenvalue weighted by Gasteiger charge is 2.28. The second-order valence-electron chi connectivity index (χ2n) is 7.19. The van der Waals surface area contributed by atoms with Crippen molar-refractivity contribution < 1.29 is 4.74 Å². The average Bonchev–Trinajstić information content (AvgIpc) is 3.09. The van der Waals surface area contributed by atoms with Crippen LogP contribution in [0.15, 0.2) is 18.3 Å². The van der Waals surface area contributed by atoms with Gasteiger partial charge in [-0.3, -0.25) is 4.90 Å². The molecule has 2 aliphatic rings. The van der Waals surface area contributed by atoms with Gasteiger partial charge in [0.2, 0.25) is 0 Å². The van der Waals surface area contributed by atoms with Gasteiger partial charge >= 0.3 is 0 Å². The molecule has 8 heteroatoms. The first kappa shape index (κ1) is 17.9. The first-order chi connectivity index (χ1) is 13.3. The lowest BCUT2D eigenvalue weighted by molar-refractivity contribution is 0.0326. The fraction of sp³-hybridized carbons (Fsp3) is 0.579. The minimum atomic E-state index is 0.295. The predicted molar refractivity (Wildman–Crippen MR) is 100 cm³/mol. The summed E-state index contributed by atoms with van der Waals surface area (Å²) in [6.45, 7) is 5.99. The van der Waals surface area contributed by atoms with Crippen LogP contribution in [0.3, 0.4) is 0 Å². The molecule has 0 spiro atoms. The fourth-order valence-corrected chi connectivity index (χ4v) is 3.94. The lowest BCUT2D eigenvalue weighted by Gasteiger charge is -2.33. The minimum Gasteiger partial charge on any atom is -0.379 e. The molecule has 2 aromatic heterocycles. The summed E-state index contributed by atoms with van der Waals surface area (Å²) in [5.74, 6) is 3.10. The van der Waals surface area contributed by atoms with Crippen molar-refractivity contribution in [3.05, 3.63) is 35.5 Å². The molecule has 8 nitrogen and oxygen atoms in total. The molecule has 0 amide bonds. The summed E-state index contributed by atoms with van der Waals surface area (Å²) in [4.78, 5) is 9.02. The molecule has 0 aromatic carbocycles. The number of hydrogen-bond acceptors (Lipinski definition) is 7. The van der Waals surface area contributed by atoms with Crippen LogP contribution in [0.25, 0.3) is 0 Å². The van der Waals surface area contributed by atoms with Gasteiger partial charge in [-0.05, 0) is 25.0 Å². The van der Waals surface area contributed by atoms with Gasteiger partial charge in [-0.2, -0.15) is 5.26 Å². The maximum Gasteiger partial charge on any atom is 0.146 e. The van der Waals surface area contributed by atoms with E-state index in [1.807, 2.05) is 12.1 Å². The molecule has 27 heavy (non-hydrogen) atoms. The summed E-state index contributed by atoms with van der Waals surface area (Å²) >= 11 is 0. The Hall–Kier alpha value is -2.50. The maximum atomic E-state index is 9.38. The summed E-state index contributed by atoms with van der Waals surface area (Å²) in [6.07, 6.45) is 3.88. The van der Waals surface area contributed by atoms with Crippen molar-refractivity contribution in [2.24, 2.45) is 7.05 Å². The molecule has 2 aromatic rings. The van der Waals surface area contributed by atoms with Crippen LogP contribution in [-0.2, 0) is 18.3 Å². The number of nitriles is 1. The Balaban J connectivity index is 1.49. The highest BCUT2D eigenvalue weighted by molar-refractivity contribution is 5.53. The van der Waals surface area contributed by atoms with Crippen LogP contribution in [0.2, 0.25) is 0 Å². The Morgan fingerprint density at radius 2 is 2.11 bits per heavy atom. The first-order valence-corrected chi connectivity index (χ1v) is 9.54. The third-order valence-corrected chi connectivity index (χ3v) is 5.46. The number of pyridine rings is 1. The van der Waals surface area contributed by atoms with Crippen molar-refractivity contribution in [2.45, 2.75) is 25.3 Å². The van der Waals surface area contributed by atoms with E-state index in [2.05, 4.69) is 42.7 Å². The topological polar surface area (TPSA) is 83.1 Å². The number of morpholine rings is 1. The minimum absolute atomic E-state index is 0.295. The fourth-order valence-electron chi connectivity index (χ4n) is 3.94. The molecule has 1 atom stereocenters. The molecular formula is C19H25N7O. The van der Waals surface area contributed by atoms with Crippen LogP contribution < -0.4 is 4.90 Å². The van der Waals surface area contributed by atoms with Gasteiger partial charge in [0.15, 0.2) is 0 Å². The SMILES string of the molecule is Cn1c(CN2CCOCC2)nnc1[C@@H]1CCCN(c2ncccc2C#N)C1. The van der Waals surface area contributed by atoms with Gasteiger partial charge in [0, 0.05) is 45.3 Å². The van der Waals surface area contributed by atoms with E-state index in [4.69, 9.17) is 4.74 Å². The van der Waals surface area contributed by atoms with E-state index in [0.717, 1.165) is 76.2 Å². The number of piperidine rings is 1. The van der Waals surface area contributed by atoms with E-state index in [-0.39, 0.29) is 0 Å². The summed E-state index contributed by atoms with van der Waals surface area (Å²) in [5.41, 5.74) is 0.629. The number of hydrogen-bond donors (Lipinski definition) is 0. The zero-order chi connectivity index (χ0) is 18.6. The van der Waals surface area contributed by atoms with E-state index < -0.39 is 0 Å². The standard InChI is InChI=1S/C19H25N7O/c1-24-17(14-25-8-10-27-11-9-25)22-23-19(24)16-5-3-7-26(13-16)18-15(12-20)4-2-6-21-18/h2,4,6,16H,3,5,7-11,13-14H2,1H3/t16-/m1/s1. The highest BCUT2D eigenvalue weighted by atomic mass is 16.5. The molecule has 2 aliphatic heterocycles.